The summed E-state index contributed by atoms with van der Waals surface area (Å²) >= 11 is 0. The highest BCUT2D eigenvalue weighted by Crippen LogP contribution is 2.38. The highest BCUT2D eigenvalue weighted by molar-refractivity contribution is 5.97. The maximum Gasteiger partial charge on any atom is 0.251 e. The van der Waals surface area contributed by atoms with E-state index in [9.17, 15) is 4.79 Å². The van der Waals surface area contributed by atoms with Crippen molar-refractivity contribution in [1.82, 2.24) is 14.9 Å². The number of carbonyl (C=O) groups excluding carboxylic acids is 1. The van der Waals surface area contributed by atoms with E-state index >= 15 is 0 Å². The topological polar surface area (TPSA) is 59.0 Å². The van der Waals surface area contributed by atoms with Crippen molar-refractivity contribution >= 4 is 22.9 Å². The average molecular weight is 318 g/mol. The average Bonchev–Trinajstić information content (AvgIpc) is 2.98. The normalized spacial score (nSPS) is 16.7. The number of nitrogens with one attached hydrogen (secondary N) is 2. The number of anilines is 1. The van der Waals surface area contributed by atoms with Crippen molar-refractivity contribution < 1.29 is 4.79 Å². The fraction of sp³-hybridized carbons (Fsp3) is 0.158. The van der Waals surface area contributed by atoms with Gasteiger partial charge in [-0.1, -0.05) is 42.5 Å². The van der Waals surface area contributed by atoms with Gasteiger partial charge in [-0.2, -0.15) is 0 Å². The summed E-state index contributed by atoms with van der Waals surface area (Å²) in [6, 6.07) is 17.8. The summed E-state index contributed by atoms with van der Waals surface area (Å²) in [5, 5.41) is 6.05. The molecule has 0 aliphatic carbocycles. The van der Waals surface area contributed by atoms with Crippen LogP contribution < -0.4 is 10.6 Å². The number of para-hydroxylation sites is 2. The molecule has 1 atom stereocenters. The van der Waals surface area contributed by atoms with Gasteiger partial charge in [0.05, 0.1) is 22.6 Å². The van der Waals surface area contributed by atoms with Crippen molar-refractivity contribution in [2.75, 3.05) is 12.4 Å². The SMILES string of the molecule is CNC(=O)C1=C(C)Nc2nc3ccccc3n2[C@H]1c1ccccc1. The Labute approximate surface area is 140 Å². The van der Waals surface area contributed by atoms with Crippen molar-refractivity contribution in [3.63, 3.8) is 0 Å². The molecular weight excluding hydrogens is 300 g/mol. The molecule has 5 nitrogen and oxygen atoms in total. The summed E-state index contributed by atoms with van der Waals surface area (Å²) in [4.78, 5) is 17.3. The number of nitrogens with zero attached hydrogens (tertiary/aromatic N) is 2. The van der Waals surface area contributed by atoms with Crippen LogP contribution in [-0.2, 0) is 4.79 Å². The van der Waals surface area contributed by atoms with Gasteiger partial charge in [-0.25, -0.2) is 4.98 Å². The molecule has 0 spiro atoms. The number of allylic oxidation sites excluding steroid dienone is 1. The van der Waals surface area contributed by atoms with Gasteiger partial charge in [-0.05, 0) is 24.6 Å². The number of carbonyl (C=O) groups is 1. The van der Waals surface area contributed by atoms with Gasteiger partial charge in [0.25, 0.3) is 5.91 Å². The summed E-state index contributed by atoms with van der Waals surface area (Å²) in [5.41, 5.74) is 4.50. The number of hydrogen-bond acceptors (Lipinski definition) is 3. The minimum Gasteiger partial charge on any atom is -0.355 e. The monoisotopic (exact) mass is 318 g/mol. The second-order valence-corrected chi connectivity index (χ2v) is 5.85. The number of hydrogen-bond donors (Lipinski definition) is 2. The quantitative estimate of drug-likeness (QED) is 0.763. The van der Waals surface area contributed by atoms with Crippen LogP contribution in [0, 0.1) is 0 Å². The standard InChI is InChI=1S/C19H18N4O/c1-12-16(18(24)20-2)17(13-8-4-3-5-9-13)23-15-11-7-6-10-14(15)22-19(23)21-12/h3-11,17H,1-2H3,(H,20,24)(H,21,22)/t17-/m0/s1. The van der Waals surface area contributed by atoms with Gasteiger partial charge in [0.15, 0.2) is 0 Å². The van der Waals surface area contributed by atoms with Crippen molar-refractivity contribution in [2.45, 2.75) is 13.0 Å². The Kier molecular flexibility index (Phi) is 3.34. The van der Waals surface area contributed by atoms with Crippen molar-refractivity contribution in [3.05, 3.63) is 71.4 Å². The Bertz CT molecular complexity index is 956. The van der Waals surface area contributed by atoms with Crippen LogP contribution in [0.15, 0.2) is 65.9 Å². The molecule has 1 aliphatic rings. The molecule has 0 fully saturated rings. The second kappa shape index (κ2) is 5.53. The third kappa shape index (κ3) is 2.09. The smallest absolute Gasteiger partial charge is 0.251 e. The Hall–Kier alpha value is -3.08. The lowest BCUT2D eigenvalue weighted by atomic mass is 9.94. The van der Waals surface area contributed by atoms with Crippen LogP contribution in [0.25, 0.3) is 11.0 Å². The summed E-state index contributed by atoms with van der Waals surface area (Å²) in [6.45, 7) is 1.92. The lowest BCUT2D eigenvalue weighted by Gasteiger charge is -2.30. The van der Waals surface area contributed by atoms with Crippen molar-refractivity contribution in [1.29, 1.82) is 0 Å². The summed E-state index contributed by atoms with van der Waals surface area (Å²) in [5.74, 6) is 0.674. The molecular formula is C19H18N4O. The first kappa shape index (κ1) is 14.5. The first-order chi connectivity index (χ1) is 11.7. The molecule has 0 saturated carbocycles. The lowest BCUT2D eigenvalue weighted by molar-refractivity contribution is -0.117. The zero-order valence-corrected chi connectivity index (χ0v) is 13.6. The second-order valence-electron chi connectivity index (χ2n) is 5.85. The number of likely N-dealkylation sites (N-methyl/N-ethyl adjacent to an activating group) is 1. The van der Waals surface area contributed by atoms with Crippen LogP contribution in [0.1, 0.15) is 18.5 Å². The van der Waals surface area contributed by atoms with Gasteiger partial charge in [0, 0.05) is 12.7 Å². The third-order valence-electron chi connectivity index (χ3n) is 4.42. The number of imidazole rings is 1. The van der Waals surface area contributed by atoms with E-state index in [1.54, 1.807) is 7.05 Å². The molecule has 2 heterocycles. The Morgan fingerprint density at radius 1 is 1.12 bits per heavy atom. The molecule has 0 bridgehead atoms. The summed E-state index contributed by atoms with van der Waals surface area (Å²) in [7, 11) is 1.66. The zero-order chi connectivity index (χ0) is 16.7. The minimum atomic E-state index is -0.213. The maximum atomic E-state index is 12.6. The predicted molar refractivity (Wildman–Crippen MR) is 94.7 cm³/mol. The fourth-order valence-electron chi connectivity index (χ4n) is 3.34. The molecule has 1 amide bonds. The van der Waals surface area contributed by atoms with E-state index < -0.39 is 0 Å². The van der Waals surface area contributed by atoms with Crippen LogP contribution in [0.2, 0.25) is 0 Å². The van der Waals surface area contributed by atoms with Gasteiger partial charge < -0.3 is 10.6 Å². The molecule has 2 N–H and O–H groups in total. The van der Waals surface area contributed by atoms with Crippen LogP contribution in [-0.4, -0.2) is 22.5 Å². The number of amides is 1. The Balaban J connectivity index is 2.02. The molecule has 24 heavy (non-hydrogen) atoms. The predicted octanol–water partition coefficient (Wildman–Crippen LogP) is 3.07. The van der Waals surface area contributed by atoms with Crippen LogP contribution in [0.4, 0.5) is 5.95 Å². The fourth-order valence-corrected chi connectivity index (χ4v) is 3.34. The van der Waals surface area contributed by atoms with Crippen LogP contribution in [0.3, 0.4) is 0 Å². The van der Waals surface area contributed by atoms with E-state index in [-0.39, 0.29) is 11.9 Å². The molecule has 0 unspecified atom stereocenters. The van der Waals surface area contributed by atoms with E-state index in [1.807, 2.05) is 61.5 Å². The minimum absolute atomic E-state index is 0.0858. The van der Waals surface area contributed by atoms with Gasteiger partial charge in [-0.3, -0.25) is 9.36 Å². The van der Waals surface area contributed by atoms with E-state index in [1.165, 1.54) is 0 Å². The van der Waals surface area contributed by atoms with Gasteiger partial charge in [-0.15, -0.1) is 0 Å². The van der Waals surface area contributed by atoms with E-state index in [2.05, 4.69) is 20.2 Å². The van der Waals surface area contributed by atoms with E-state index in [4.69, 9.17) is 0 Å². The molecule has 0 radical (unpaired) electrons. The number of benzene rings is 2. The third-order valence-corrected chi connectivity index (χ3v) is 4.42. The highest BCUT2D eigenvalue weighted by Gasteiger charge is 2.33. The Morgan fingerprint density at radius 3 is 2.58 bits per heavy atom. The summed E-state index contributed by atoms with van der Waals surface area (Å²) < 4.78 is 2.10. The number of rotatable bonds is 2. The summed E-state index contributed by atoms with van der Waals surface area (Å²) in [6.07, 6.45) is 0. The molecule has 3 aromatic rings. The van der Waals surface area contributed by atoms with Gasteiger partial charge in [0.1, 0.15) is 0 Å². The molecule has 120 valence electrons. The highest BCUT2D eigenvalue weighted by atomic mass is 16.1. The first-order valence-electron chi connectivity index (χ1n) is 7.92. The molecule has 1 aliphatic heterocycles. The van der Waals surface area contributed by atoms with Crippen molar-refractivity contribution in [2.24, 2.45) is 0 Å². The van der Waals surface area contributed by atoms with Crippen molar-refractivity contribution in [3.8, 4) is 0 Å². The number of fused-ring (bicyclic) bond motifs is 3. The Morgan fingerprint density at radius 2 is 1.83 bits per heavy atom. The largest absolute Gasteiger partial charge is 0.355 e. The molecule has 0 saturated heterocycles. The molecule has 5 heteroatoms. The number of aromatic nitrogens is 2. The zero-order valence-electron chi connectivity index (χ0n) is 13.6. The molecule has 1 aromatic heterocycles. The van der Waals surface area contributed by atoms with Gasteiger partial charge in [0.2, 0.25) is 5.95 Å². The van der Waals surface area contributed by atoms with E-state index in [0.717, 1.165) is 28.2 Å². The van der Waals surface area contributed by atoms with Gasteiger partial charge >= 0.3 is 0 Å². The maximum absolute atomic E-state index is 12.6. The molecule has 4 rings (SSSR count). The molecule has 2 aromatic carbocycles. The first-order valence-corrected chi connectivity index (χ1v) is 7.92. The van der Waals surface area contributed by atoms with E-state index in [0.29, 0.717) is 5.57 Å². The lowest BCUT2D eigenvalue weighted by Crippen LogP contribution is -2.32. The van der Waals surface area contributed by atoms with Crippen LogP contribution >= 0.6 is 0 Å². The van der Waals surface area contributed by atoms with Crippen LogP contribution in [0.5, 0.6) is 0 Å².